The average molecular weight is 375 g/mol. The Labute approximate surface area is 165 Å². The average Bonchev–Trinajstić information content (AvgIpc) is 2.76. The number of amides is 1. The van der Waals surface area contributed by atoms with Gasteiger partial charge in [0.15, 0.2) is 0 Å². The van der Waals surface area contributed by atoms with Crippen LogP contribution in [0.2, 0.25) is 0 Å². The zero-order valence-electron chi connectivity index (χ0n) is 16.3. The van der Waals surface area contributed by atoms with E-state index in [2.05, 4.69) is 19.9 Å². The summed E-state index contributed by atoms with van der Waals surface area (Å²) >= 11 is 0. The fourth-order valence-electron chi connectivity index (χ4n) is 2.89. The molecule has 3 rings (SSSR count). The summed E-state index contributed by atoms with van der Waals surface area (Å²) in [5, 5.41) is 0. The fraction of sp³-hybridized carbons (Fsp3) is 0.273. The van der Waals surface area contributed by atoms with Crippen molar-refractivity contribution in [1.29, 1.82) is 0 Å². The van der Waals surface area contributed by atoms with E-state index >= 15 is 0 Å². The van der Waals surface area contributed by atoms with Gasteiger partial charge in [-0.05, 0) is 60.4 Å². The van der Waals surface area contributed by atoms with Crippen LogP contribution < -0.4 is 4.90 Å². The summed E-state index contributed by atoms with van der Waals surface area (Å²) < 4.78 is 0. The van der Waals surface area contributed by atoms with Gasteiger partial charge < -0.3 is 9.80 Å². The van der Waals surface area contributed by atoms with Gasteiger partial charge in [0, 0.05) is 63.7 Å². The van der Waals surface area contributed by atoms with Gasteiger partial charge in [0.25, 0.3) is 5.91 Å². The lowest BCUT2D eigenvalue weighted by Crippen LogP contribution is -2.29. The van der Waals surface area contributed by atoms with E-state index in [4.69, 9.17) is 0 Å². The number of aromatic nitrogens is 3. The normalized spacial score (nSPS) is 10.5. The number of carbonyl (C=O) groups excluding carboxylic acids is 1. The van der Waals surface area contributed by atoms with Crippen LogP contribution in [-0.2, 0) is 12.8 Å². The summed E-state index contributed by atoms with van der Waals surface area (Å²) in [5.41, 5.74) is 3.05. The van der Waals surface area contributed by atoms with Crippen molar-refractivity contribution < 1.29 is 4.79 Å². The highest BCUT2D eigenvalue weighted by Crippen LogP contribution is 2.14. The molecule has 0 spiro atoms. The molecule has 0 N–H and O–H groups in total. The van der Waals surface area contributed by atoms with Crippen molar-refractivity contribution in [2.75, 3.05) is 32.1 Å². The molecule has 3 aromatic heterocycles. The number of hydrogen-bond acceptors (Lipinski definition) is 5. The number of hydrogen-bond donors (Lipinski definition) is 0. The standard InChI is InChI=1S/C22H25N5O/c1-26(15-8-18-3-10-23-11-4-18)21-17-20(7-14-25-21)22(28)27(2)16-9-19-5-12-24-13-6-19/h3-7,10-14,17H,8-9,15-16H2,1-2H3. The Morgan fingerprint density at radius 2 is 1.39 bits per heavy atom. The van der Waals surface area contributed by atoms with Crippen LogP contribution >= 0.6 is 0 Å². The van der Waals surface area contributed by atoms with E-state index in [9.17, 15) is 4.79 Å². The van der Waals surface area contributed by atoms with Gasteiger partial charge in [-0.25, -0.2) is 4.98 Å². The third-order valence-electron chi connectivity index (χ3n) is 4.70. The second-order valence-corrected chi connectivity index (χ2v) is 6.76. The maximum Gasteiger partial charge on any atom is 0.253 e. The van der Waals surface area contributed by atoms with Gasteiger partial charge in [-0.2, -0.15) is 0 Å². The molecule has 3 aromatic rings. The molecule has 6 heteroatoms. The molecule has 0 aliphatic heterocycles. The summed E-state index contributed by atoms with van der Waals surface area (Å²) in [6.07, 6.45) is 10.5. The van der Waals surface area contributed by atoms with Crippen molar-refractivity contribution in [3.8, 4) is 0 Å². The van der Waals surface area contributed by atoms with Crippen molar-refractivity contribution in [1.82, 2.24) is 19.9 Å². The maximum absolute atomic E-state index is 12.8. The summed E-state index contributed by atoms with van der Waals surface area (Å²) in [5.74, 6) is 0.794. The molecule has 0 saturated carbocycles. The third kappa shape index (κ3) is 5.36. The number of nitrogens with zero attached hydrogens (tertiary/aromatic N) is 5. The van der Waals surface area contributed by atoms with Crippen LogP contribution in [-0.4, -0.2) is 52.9 Å². The van der Waals surface area contributed by atoms with E-state index in [1.807, 2.05) is 44.4 Å². The molecule has 0 fully saturated rings. The molecule has 28 heavy (non-hydrogen) atoms. The van der Waals surface area contributed by atoms with Gasteiger partial charge in [0.05, 0.1) is 0 Å². The number of rotatable bonds is 8. The predicted molar refractivity (Wildman–Crippen MR) is 110 cm³/mol. The smallest absolute Gasteiger partial charge is 0.253 e. The van der Waals surface area contributed by atoms with Gasteiger partial charge in [0.2, 0.25) is 0 Å². The van der Waals surface area contributed by atoms with Crippen molar-refractivity contribution in [3.05, 3.63) is 84.1 Å². The van der Waals surface area contributed by atoms with Crippen LogP contribution in [0.3, 0.4) is 0 Å². The van der Waals surface area contributed by atoms with Gasteiger partial charge in [0.1, 0.15) is 5.82 Å². The first kappa shape index (κ1) is 19.5. The molecule has 3 heterocycles. The molecular formula is C22H25N5O. The molecule has 6 nitrogen and oxygen atoms in total. The Morgan fingerprint density at radius 3 is 2.00 bits per heavy atom. The summed E-state index contributed by atoms with van der Waals surface area (Å²) in [7, 11) is 3.82. The van der Waals surface area contributed by atoms with E-state index in [0.29, 0.717) is 12.1 Å². The first-order valence-electron chi connectivity index (χ1n) is 9.34. The number of likely N-dealkylation sites (N-methyl/N-ethyl adjacent to an activating group) is 2. The highest BCUT2D eigenvalue weighted by molar-refractivity contribution is 5.94. The molecular weight excluding hydrogens is 350 g/mol. The molecule has 0 bridgehead atoms. The second-order valence-electron chi connectivity index (χ2n) is 6.76. The monoisotopic (exact) mass is 375 g/mol. The fourth-order valence-corrected chi connectivity index (χ4v) is 2.89. The lowest BCUT2D eigenvalue weighted by molar-refractivity contribution is 0.0796. The highest BCUT2D eigenvalue weighted by Gasteiger charge is 2.14. The predicted octanol–water partition coefficient (Wildman–Crippen LogP) is 2.87. The molecule has 1 amide bonds. The minimum atomic E-state index is 0.000222. The van der Waals surface area contributed by atoms with Gasteiger partial charge >= 0.3 is 0 Å². The summed E-state index contributed by atoms with van der Waals surface area (Å²) in [6.45, 7) is 1.46. The van der Waals surface area contributed by atoms with Crippen LogP contribution in [0, 0.1) is 0 Å². The third-order valence-corrected chi connectivity index (χ3v) is 4.70. The van der Waals surface area contributed by atoms with E-state index in [1.165, 1.54) is 11.1 Å². The molecule has 0 unspecified atom stereocenters. The number of pyridine rings is 3. The number of carbonyl (C=O) groups is 1. The Bertz CT molecular complexity index is 886. The minimum Gasteiger partial charge on any atom is -0.359 e. The lowest BCUT2D eigenvalue weighted by Gasteiger charge is -2.20. The quantitative estimate of drug-likeness (QED) is 0.606. The second kappa shape index (κ2) is 9.60. The van der Waals surface area contributed by atoms with E-state index in [0.717, 1.165) is 25.2 Å². The van der Waals surface area contributed by atoms with E-state index in [-0.39, 0.29) is 5.91 Å². The first-order valence-corrected chi connectivity index (χ1v) is 9.34. The summed E-state index contributed by atoms with van der Waals surface area (Å²) in [4.78, 5) is 29.1. The van der Waals surface area contributed by atoms with Crippen molar-refractivity contribution in [2.45, 2.75) is 12.8 Å². The molecule has 0 aromatic carbocycles. The van der Waals surface area contributed by atoms with E-state index in [1.54, 1.807) is 42.0 Å². The summed E-state index contributed by atoms with van der Waals surface area (Å²) in [6, 6.07) is 11.6. The van der Waals surface area contributed by atoms with Crippen molar-refractivity contribution >= 4 is 11.7 Å². The molecule has 0 saturated heterocycles. The van der Waals surface area contributed by atoms with Crippen LogP contribution in [0.25, 0.3) is 0 Å². The van der Waals surface area contributed by atoms with Gasteiger partial charge in [-0.15, -0.1) is 0 Å². The van der Waals surface area contributed by atoms with Crippen LogP contribution in [0.5, 0.6) is 0 Å². The first-order chi connectivity index (χ1) is 13.6. The maximum atomic E-state index is 12.8. The Morgan fingerprint density at radius 1 is 0.821 bits per heavy atom. The molecule has 0 radical (unpaired) electrons. The highest BCUT2D eigenvalue weighted by atomic mass is 16.2. The van der Waals surface area contributed by atoms with Gasteiger partial charge in [-0.1, -0.05) is 0 Å². The molecule has 0 atom stereocenters. The van der Waals surface area contributed by atoms with Crippen molar-refractivity contribution in [2.24, 2.45) is 0 Å². The SMILES string of the molecule is CN(CCc1ccncc1)C(=O)c1ccnc(N(C)CCc2ccncc2)c1. The Hall–Kier alpha value is -3.28. The molecule has 0 aliphatic carbocycles. The Kier molecular flexibility index (Phi) is 6.68. The van der Waals surface area contributed by atoms with Gasteiger partial charge in [-0.3, -0.25) is 14.8 Å². The van der Waals surface area contributed by atoms with Crippen LogP contribution in [0.15, 0.2) is 67.4 Å². The molecule has 144 valence electrons. The minimum absolute atomic E-state index is 0.000222. The van der Waals surface area contributed by atoms with E-state index < -0.39 is 0 Å². The van der Waals surface area contributed by atoms with Crippen LogP contribution in [0.1, 0.15) is 21.5 Å². The zero-order valence-corrected chi connectivity index (χ0v) is 16.3. The van der Waals surface area contributed by atoms with Crippen LogP contribution in [0.4, 0.5) is 5.82 Å². The topological polar surface area (TPSA) is 62.2 Å². The number of anilines is 1. The Balaban J connectivity index is 1.58. The molecule has 0 aliphatic rings. The zero-order chi connectivity index (χ0) is 19.8. The lowest BCUT2D eigenvalue weighted by atomic mass is 10.1. The van der Waals surface area contributed by atoms with Crippen molar-refractivity contribution in [3.63, 3.8) is 0 Å². The largest absolute Gasteiger partial charge is 0.359 e.